The molecule has 130 valence electrons. The highest BCUT2D eigenvalue weighted by atomic mass is 32.2. The van der Waals surface area contributed by atoms with Gasteiger partial charge >= 0.3 is 0 Å². The van der Waals surface area contributed by atoms with Crippen molar-refractivity contribution < 1.29 is 8.42 Å². The molecule has 1 aliphatic rings. The van der Waals surface area contributed by atoms with Crippen molar-refractivity contribution in [3.8, 4) is 0 Å². The van der Waals surface area contributed by atoms with E-state index in [0.29, 0.717) is 23.7 Å². The van der Waals surface area contributed by atoms with Gasteiger partial charge in [0, 0.05) is 39.8 Å². The van der Waals surface area contributed by atoms with Gasteiger partial charge in [-0.1, -0.05) is 24.3 Å². The van der Waals surface area contributed by atoms with Crippen molar-refractivity contribution in [2.75, 3.05) is 26.2 Å². The summed E-state index contributed by atoms with van der Waals surface area (Å²) in [4.78, 5) is 2.63. The molecule has 1 aromatic carbocycles. The molecular formula is C17H24N4O2S. The van der Waals surface area contributed by atoms with Crippen molar-refractivity contribution in [3.63, 3.8) is 0 Å². The minimum atomic E-state index is -3.45. The van der Waals surface area contributed by atoms with E-state index in [2.05, 4.69) is 29.1 Å². The second-order valence-electron chi connectivity index (χ2n) is 6.32. The largest absolute Gasteiger partial charge is 0.296 e. The third kappa shape index (κ3) is 3.24. The second kappa shape index (κ2) is 6.66. The summed E-state index contributed by atoms with van der Waals surface area (Å²) in [5.74, 6) is 0. The van der Waals surface area contributed by atoms with Gasteiger partial charge in [-0.25, -0.2) is 8.42 Å². The number of aryl methyl sites for hydroxylation is 2. The molecule has 3 rings (SSSR count). The van der Waals surface area contributed by atoms with Crippen LogP contribution in [-0.2, 0) is 23.6 Å². The zero-order valence-electron chi connectivity index (χ0n) is 14.4. The normalized spacial score (nSPS) is 17.3. The van der Waals surface area contributed by atoms with Gasteiger partial charge in [0.15, 0.2) is 0 Å². The van der Waals surface area contributed by atoms with Crippen molar-refractivity contribution >= 4 is 10.0 Å². The third-order valence-electron chi connectivity index (χ3n) is 4.79. The van der Waals surface area contributed by atoms with Crippen molar-refractivity contribution in [3.05, 3.63) is 47.3 Å². The molecule has 0 bridgehead atoms. The van der Waals surface area contributed by atoms with Crippen LogP contribution in [0.1, 0.15) is 16.8 Å². The van der Waals surface area contributed by atoms with E-state index >= 15 is 0 Å². The maximum absolute atomic E-state index is 12.8. The van der Waals surface area contributed by atoms with Crippen molar-refractivity contribution in [2.24, 2.45) is 7.05 Å². The van der Waals surface area contributed by atoms with E-state index in [1.165, 1.54) is 17.3 Å². The third-order valence-corrected chi connectivity index (χ3v) is 6.80. The smallest absolute Gasteiger partial charge is 0.246 e. The van der Waals surface area contributed by atoms with E-state index in [-0.39, 0.29) is 0 Å². The molecule has 0 N–H and O–H groups in total. The van der Waals surface area contributed by atoms with Crippen molar-refractivity contribution in [2.45, 2.75) is 25.3 Å². The number of nitrogens with zero attached hydrogens (tertiary/aromatic N) is 4. The fourth-order valence-corrected chi connectivity index (χ4v) is 4.64. The number of aromatic nitrogens is 2. The predicted octanol–water partition coefficient (Wildman–Crippen LogP) is 1.54. The minimum Gasteiger partial charge on any atom is -0.296 e. The molecule has 0 atom stereocenters. The van der Waals surface area contributed by atoms with Crippen LogP contribution in [0.5, 0.6) is 0 Å². The van der Waals surface area contributed by atoms with Crippen LogP contribution in [0.25, 0.3) is 0 Å². The Hall–Kier alpha value is -1.70. The summed E-state index contributed by atoms with van der Waals surface area (Å²) in [6.07, 6.45) is 1.45. The molecular weight excluding hydrogens is 324 g/mol. The van der Waals surface area contributed by atoms with Gasteiger partial charge in [0.2, 0.25) is 10.0 Å². The van der Waals surface area contributed by atoms with Crippen molar-refractivity contribution in [1.82, 2.24) is 19.0 Å². The molecule has 1 aliphatic heterocycles. The van der Waals surface area contributed by atoms with Gasteiger partial charge in [-0.05, 0) is 25.0 Å². The van der Waals surface area contributed by atoms with Crippen LogP contribution in [0, 0.1) is 13.8 Å². The molecule has 6 nitrogen and oxygen atoms in total. The summed E-state index contributed by atoms with van der Waals surface area (Å²) in [5.41, 5.74) is 3.26. The van der Waals surface area contributed by atoms with Crippen LogP contribution in [0.2, 0.25) is 0 Å². The average Bonchev–Trinajstić information content (AvgIpc) is 2.90. The molecule has 24 heavy (non-hydrogen) atoms. The van der Waals surface area contributed by atoms with Gasteiger partial charge in [-0.15, -0.1) is 0 Å². The number of hydrogen-bond donors (Lipinski definition) is 0. The fraction of sp³-hybridized carbons (Fsp3) is 0.471. The molecule has 1 aromatic heterocycles. The molecule has 2 heterocycles. The van der Waals surface area contributed by atoms with Crippen LogP contribution in [0.3, 0.4) is 0 Å². The first-order chi connectivity index (χ1) is 11.4. The molecule has 0 radical (unpaired) electrons. The zero-order chi connectivity index (χ0) is 17.3. The highest BCUT2D eigenvalue weighted by molar-refractivity contribution is 7.89. The Morgan fingerprint density at radius 3 is 2.33 bits per heavy atom. The molecule has 7 heteroatoms. The van der Waals surface area contributed by atoms with Crippen LogP contribution in [-0.4, -0.2) is 53.6 Å². The minimum absolute atomic E-state index is 0.317. The molecule has 0 amide bonds. The van der Waals surface area contributed by atoms with Gasteiger partial charge < -0.3 is 0 Å². The van der Waals surface area contributed by atoms with Gasteiger partial charge in [0.25, 0.3) is 0 Å². The Labute approximate surface area is 143 Å². The predicted molar refractivity (Wildman–Crippen MR) is 93.2 cm³/mol. The fourth-order valence-electron chi connectivity index (χ4n) is 3.03. The summed E-state index contributed by atoms with van der Waals surface area (Å²) in [6, 6.07) is 8.34. The summed E-state index contributed by atoms with van der Waals surface area (Å²) in [5, 5.41) is 4.06. The lowest BCUT2D eigenvalue weighted by molar-refractivity contribution is 0.181. The molecule has 0 saturated carbocycles. The molecule has 1 fully saturated rings. The maximum atomic E-state index is 12.8. The van der Waals surface area contributed by atoms with E-state index in [4.69, 9.17) is 0 Å². The number of hydrogen-bond acceptors (Lipinski definition) is 4. The van der Waals surface area contributed by atoms with Crippen LogP contribution in [0.15, 0.2) is 35.4 Å². The van der Waals surface area contributed by atoms with Crippen LogP contribution < -0.4 is 0 Å². The summed E-state index contributed by atoms with van der Waals surface area (Å²) in [6.45, 7) is 7.28. The van der Waals surface area contributed by atoms with Crippen molar-refractivity contribution in [1.29, 1.82) is 0 Å². The average molecular weight is 348 g/mol. The summed E-state index contributed by atoms with van der Waals surface area (Å²) >= 11 is 0. The molecule has 2 aromatic rings. The Morgan fingerprint density at radius 1 is 1.08 bits per heavy atom. The Morgan fingerprint density at radius 2 is 1.75 bits per heavy atom. The van der Waals surface area contributed by atoms with Gasteiger partial charge in [-0.2, -0.15) is 9.40 Å². The SMILES string of the molecule is Cc1ccccc1CN1CCN(S(=O)(=O)c2cnn(C)c2C)CC1. The first-order valence-corrected chi connectivity index (χ1v) is 9.59. The highest BCUT2D eigenvalue weighted by Gasteiger charge is 2.31. The number of sulfonamides is 1. The maximum Gasteiger partial charge on any atom is 0.246 e. The lowest BCUT2D eigenvalue weighted by Crippen LogP contribution is -2.48. The zero-order valence-corrected chi connectivity index (χ0v) is 15.3. The van der Waals surface area contributed by atoms with Gasteiger partial charge in [0.05, 0.1) is 11.9 Å². The molecule has 0 unspecified atom stereocenters. The molecule has 0 aliphatic carbocycles. The molecule has 0 spiro atoms. The lowest BCUT2D eigenvalue weighted by Gasteiger charge is -2.34. The quantitative estimate of drug-likeness (QED) is 0.841. The lowest BCUT2D eigenvalue weighted by atomic mass is 10.1. The van der Waals surface area contributed by atoms with E-state index < -0.39 is 10.0 Å². The number of piperazine rings is 1. The summed E-state index contributed by atoms with van der Waals surface area (Å²) in [7, 11) is -1.69. The van der Waals surface area contributed by atoms with Gasteiger partial charge in [-0.3, -0.25) is 9.58 Å². The Balaban J connectivity index is 1.67. The van der Waals surface area contributed by atoms with Crippen LogP contribution >= 0.6 is 0 Å². The van der Waals surface area contributed by atoms with Gasteiger partial charge in [0.1, 0.15) is 4.90 Å². The Kier molecular flexibility index (Phi) is 4.76. The monoisotopic (exact) mass is 348 g/mol. The summed E-state index contributed by atoms with van der Waals surface area (Å²) < 4.78 is 28.8. The van der Waals surface area contributed by atoms with E-state index in [1.807, 2.05) is 12.1 Å². The van der Waals surface area contributed by atoms with E-state index in [9.17, 15) is 8.42 Å². The van der Waals surface area contributed by atoms with Crippen LogP contribution in [0.4, 0.5) is 0 Å². The first kappa shape index (κ1) is 17.1. The number of benzene rings is 1. The van der Waals surface area contributed by atoms with E-state index in [0.717, 1.165) is 19.6 Å². The first-order valence-electron chi connectivity index (χ1n) is 8.15. The highest BCUT2D eigenvalue weighted by Crippen LogP contribution is 2.21. The standard InChI is InChI=1S/C17H24N4O2S/c1-14-6-4-5-7-16(14)13-20-8-10-21(11-9-20)24(22,23)17-12-18-19(3)15(17)2/h4-7,12H,8-11,13H2,1-3H3. The topological polar surface area (TPSA) is 58.4 Å². The van der Waals surface area contributed by atoms with E-state index in [1.54, 1.807) is 23.0 Å². The second-order valence-corrected chi connectivity index (χ2v) is 8.23. The molecule has 1 saturated heterocycles. The number of rotatable bonds is 4. The Bertz CT molecular complexity index is 821.